The molecule has 6 aromatic carbocycles. The van der Waals surface area contributed by atoms with Gasteiger partial charge in [0, 0.05) is 22.5 Å². The van der Waals surface area contributed by atoms with E-state index in [1.807, 2.05) is 12.1 Å². The second kappa shape index (κ2) is 14.4. The topological polar surface area (TPSA) is 28.3 Å². The first-order valence-electron chi connectivity index (χ1n) is 19.4. The van der Waals surface area contributed by atoms with Gasteiger partial charge in [-0.2, -0.15) is 0 Å². The molecular weight excluding hydrogens is 685 g/mol. The van der Waals surface area contributed by atoms with E-state index >= 15 is 0 Å². The SMILES string of the molecule is COc1cccc(-c2ccccc2-c2cc3c(cc(-c4ccccc4-c4cccc(OC)c4)n3-c3ccc(C(C)(C)C)cc3)n2-c2ccc(C(C)(C)C)cc2)c1. The number of hydrogen-bond acceptors (Lipinski definition) is 2. The van der Waals surface area contributed by atoms with Crippen LogP contribution in [0.3, 0.4) is 0 Å². The summed E-state index contributed by atoms with van der Waals surface area (Å²) in [6.45, 7) is 13.6. The highest BCUT2D eigenvalue weighted by Gasteiger charge is 2.25. The third-order valence-electron chi connectivity index (χ3n) is 10.9. The average Bonchev–Trinajstić information content (AvgIpc) is 3.77. The molecule has 0 aliphatic carbocycles. The van der Waals surface area contributed by atoms with Crippen molar-refractivity contribution in [3.8, 4) is 67.6 Å². The highest BCUT2D eigenvalue weighted by molar-refractivity contribution is 5.98. The van der Waals surface area contributed by atoms with Gasteiger partial charge in [0.2, 0.25) is 0 Å². The van der Waals surface area contributed by atoms with Crippen LogP contribution in [0.5, 0.6) is 11.5 Å². The molecule has 0 saturated heterocycles. The standard InChI is InChI=1S/C52H50N2O2/c1-51(2,3)37-23-27-39(28-24-37)53-47(45-21-11-9-19-43(45)35-15-13-17-41(31-35)55-7)33-50-49(53)34-48(54(50)40-29-25-38(26-30-40)52(4,5)6)46-22-12-10-20-44(46)36-16-14-18-42(32-36)56-8/h9-34H,1-8H3. The molecule has 56 heavy (non-hydrogen) atoms. The Hall–Kier alpha value is -6.26. The van der Waals surface area contributed by atoms with E-state index in [9.17, 15) is 0 Å². The van der Waals surface area contributed by atoms with Crippen molar-refractivity contribution in [3.05, 3.63) is 169 Å². The van der Waals surface area contributed by atoms with Crippen molar-refractivity contribution in [2.75, 3.05) is 14.2 Å². The van der Waals surface area contributed by atoms with Gasteiger partial charge in [0.05, 0.1) is 36.6 Å². The van der Waals surface area contributed by atoms with E-state index in [-0.39, 0.29) is 10.8 Å². The second-order valence-corrected chi connectivity index (χ2v) is 16.6. The molecule has 0 saturated carbocycles. The fourth-order valence-corrected chi connectivity index (χ4v) is 7.83. The maximum Gasteiger partial charge on any atom is 0.119 e. The lowest BCUT2D eigenvalue weighted by Gasteiger charge is -2.20. The second-order valence-electron chi connectivity index (χ2n) is 16.6. The fraction of sp³-hybridized carbons (Fsp3) is 0.192. The number of benzene rings is 6. The van der Waals surface area contributed by atoms with Crippen LogP contribution in [0.25, 0.3) is 67.2 Å². The zero-order chi connectivity index (χ0) is 39.2. The van der Waals surface area contributed by atoms with Gasteiger partial charge in [-0.1, -0.05) is 139 Å². The third-order valence-corrected chi connectivity index (χ3v) is 10.9. The van der Waals surface area contributed by atoms with Crippen molar-refractivity contribution in [2.45, 2.75) is 52.4 Å². The van der Waals surface area contributed by atoms with Crippen LogP contribution in [0.15, 0.2) is 158 Å². The molecule has 0 amide bonds. The van der Waals surface area contributed by atoms with Gasteiger partial charge in [-0.05, 0) is 105 Å². The number of fused-ring (bicyclic) bond motifs is 1. The van der Waals surface area contributed by atoms with Crippen LogP contribution >= 0.6 is 0 Å². The average molecular weight is 735 g/mol. The maximum atomic E-state index is 5.68. The van der Waals surface area contributed by atoms with Gasteiger partial charge in [0.15, 0.2) is 0 Å². The van der Waals surface area contributed by atoms with Gasteiger partial charge < -0.3 is 18.6 Å². The predicted octanol–water partition coefficient (Wildman–Crippen LogP) is 13.7. The van der Waals surface area contributed by atoms with Gasteiger partial charge in [-0.15, -0.1) is 0 Å². The molecular formula is C52H50N2O2. The summed E-state index contributed by atoms with van der Waals surface area (Å²) in [7, 11) is 3.45. The summed E-state index contributed by atoms with van der Waals surface area (Å²) in [5, 5.41) is 0. The summed E-state index contributed by atoms with van der Waals surface area (Å²) in [4.78, 5) is 0. The highest BCUT2D eigenvalue weighted by atomic mass is 16.5. The molecule has 2 aromatic heterocycles. The minimum atomic E-state index is 0.0336. The van der Waals surface area contributed by atoms with Crippen LogP contribution in [0.2, 0.25) is 0 Å². The smallest absolute Gasteiger partial charge is 0.119 e. The number of ether oxygens (including phenoxy) is 2. The first kappa shape index (κ1) is 36.7. The van der Waals surface area contributed by atoms with Crippen molar-refractivity contribution in [2.24, 2.45) is 0 Å². The lowest BCUT2D eigenvalue weighted by molar-refractivity contribution is 0.415. The van der Waals surface area contributed by atoms with Crippen LogP contribution < -0.4 is 9.47 Å². The van der Waals surface area contributed by atoms with Crippen LogP contribution in [0.4, 0.5) is 0 Å². The number of aromatic nitrogens is 2. The minimum Gasteiger partial charge on any atom is -0.497 e. The predicted molar refractivity (Wildman–Crippen MR) is 235 cm³/mol. The van der Waals surface area contributed by atoms with E-state index in [2.05, 4.69) is 196 Å². The fourth-order valence-electron chi connectivity index (χ4n) is 7.83. The lowest BCUT2D eigenvalue weighted by atomic mass is 9.87. The summed E-state index contributed by atoms with van der Waals surface area (Å²) in [6.07, 6.45) is 0. The summed E-state index contributed by atoms with van der Waals surface area (Å²) in [5.74, 6) is 1.67. The Labute approximate surface area is 331 Å². The van der Waals surface area contributed by atoms with Crippen LogP contribution in [0.1, 0.15) is 52.7 Å². The van der Waals surface area contributed by atoms with E-state index in [0.29, 0.717) is 0 Å². The molecule has 0 radical (unpaired) electrons. The maximum absolute atomic E-state index is 5.68. The molecule has 0 spiro atoms. The van der Waals surface area contributed by atoms with E-state index in [1.54, 1.807) is 14.2 Å². The van der Waals surface area contributed by atoms with Gasteiger partial charge in [0.1, 0.15) is 11.5 Å². The van der Waals surface area contributed by atoms with Crippen LogP contribution in [-0.4, -0.2) is 23.4 Å². The molecule has 0 aliphatic heterocycles. The molecule has 4 heteroatoms. The molecule has 0 bridgehead atoms. The van der Waals surface area contributed by atoms with E-state index in [4.69, 9.17) is 9.47 Å². The van der Waals surface area contributed by atoms with Gasteiger partial charge in [-0.3, -0.25) is 0 Å². The Morgan fingerprint density at radius 1 is 0.375 bits per heavy atom. The van der Waals surface area contributed by atoms with E-state index in [0.717, 1.165) is 78.7 Å². The summed E-state index contributed by atoms with van der Waals surface area (Å²) < 4.78 is 16.2. The Bertz CT molecular complexity index is 2470. The van der Waals surface area contributed by atoms with Gasteiger partial charge >= 0.3 is 0 Å². The molecule has 0 unspecified atom stereocenters. The van der Waals surface area contributed by atoms with Crippen molar-refractivity contribution in [1.29, 1.82) is 0 Å². The van der Waals surface area contributed by atoms with Crippen LogP contribution in [-0.2, 0) is 10.8 Å². The Morgan fingerprint density at radius 2 is 0.732 bits per heavy atom. The molecule has 8 rings (SSSR count). The van der Waals surface area contributed by atoms with Crippen molar-refractivity contribution >= 4 is 11.0 Å². The van der Waals surface area contributed by atoms with Crippen molar-refractivity contribution in [1.82, 2.24) is 9.13 Å². The van der Waals surface area contributed by atoms with Crippen molar-refractivity contribution < 1.29 is 9.47 Å². The number of hydrogen-bond donors (Lipinski definition) is 0. The molecule has 8 aromatic rings. The van der Waals surface area contributed by atoms with Crippen LogP contribution in [0, 0.1) is 0 Å². The minimum absolute atomic E-state index is 0.0336. The summed E-state index contributed by atoms with van der Waals surface area (Å²) >= 11 is 0. The summed E-state index contributed by atoms with van der Waals surface area (Å²) in [5.41, 5.74) is 16.1. The third kappa shape index (κ3) is 6.81. The quantitative estimate of drug-likeness (QED) is 0.155. The zero-order valence-corrected chi connectivity index (χ0v) is 33.7. The lowest BCUT2D eigenvalue weighted by Crippen LogP contribution is -2.11. The number of methoxy groups -OCH3 is 2. The van der Waals surface area contributed by atoms with E-state index in [1.165, 1.54) is 11.1 Å². The number of nitrogens with zero attached hydrogens (tertiary/aromatic N) is 2. The Balaban J connectivity index is 1.46. The number of rotatable bonds is 8. The molecule has 0 N–H and O–H groups in total. The molecule has 0 fully saturated rings. The molecule has 280 valence electrons. The molecule has 0 atom stereocenters. The summed E-state index contributed by atoms with van der Waals surface area (Å²) in [6, 6.07) is 57.1. The highest BCUT2D eigenvalue weighted by Crippen LogP contribution is 2.44. The van der Waals surface area contributed by atoms with Crippen molar-refractivity contribution in [3.63, 3.8) is 0 Å². The Morgan fingerprint density at radius 3 is 1.07 bits per heavy atom. The monoisotopic (exact) mass is 734 g/mol. The molecule has 2 heterocycles. The molecule has 4 nitrogen and oxygen atoms in total. The first-order valence-corrected chi connectivity index (χ1v) is 19.4. The Kier molecular flexibility index (Phi) is 9.46. The first-order chi connectivity index (χ1) is 26.9. The van der Waals surface area contributed by atoms with E-state index < -0.39 is 0 Å². The zero-order valence-electron chi connectivity index (χ0n) is 33.7. The van der Waals surface area contributed by atoms with Gasteiger partial charge in [0.25, 0.3) is 0 Å². The largest absolute Gasteiger partial charge is 0.497 e. The van der Waals surface area contributed by atoms with Gasteiger partial charge in [-0.25, -0.2) is 0 Å². The molecule has 0 aliphatic rings. The normalized spacial score (nSPS) is 11.9.